The van der Waals surface area contributed by atoms with Crippen LogP contribution in [0.25, 0.3) is 11.4 Å². The molecule has 0 N–H and O–H groups in total. The predicted octanol–water partition coefficient (Wildman–Crippen LogP) is 1.90. The number of rotatable bonds is 6. The van der Waals surface area contributed by atoms with E-state index in [0.29, 0.717) is 36.7 Å². The first kappa shape index (κ1) is 17.6. The Hall–Kier alpha value is -2.78. The van der Waals surface area contributed by atoms with Gasteiger partial charge in [-0.2, -0.15) is 9.97 Å². The van der Waals surface area contributed by atoms with E-state index in [4.69, 9.17) is 13.8 Å². The third kappa shape index (κ3) is 4.15. The summed E-state index contributed by atoms with van der Waals surface area (Å²) in [5.41, 5.74) is 2.16. The minimum atomic E-state index is 0.359. The molecule has 3 aromatic rings. The molecule has 1 aliphatic heterocycles. The number of piperazine rings is 1. The van der Waals surface area contributed by atoms with Gasteiger partial charge in [0.05, 0.1) is 6.54 Å². The second-order valence-electron chi connectivity index (χ2n) is 6.57. The van der Waals surface area contributed by atoms with Crippen molar-refractivity contribution in [1.29, 1.82) is 0 Å². The van der Waals surface area contributed by atoms with Crippen molar-refractivity contribution >= 4 is 6.01 Å². The van der Waals surface area contributed by atoms with Crippen molar-refractivity contribution in [2.75, 3.05) is 38.2 Å². The average molecular weight is 370 g/mol. The van der Waals surface area contributed by atoms with Gasteiger partial charge in [-0.05, 0) is 6.92 Å². The first-order chi connectivity index (χ1) is 13.2. The molecule has 0 spiro atoms. The molecule has 0 unspecified atom stereocenters. The van der Waals surface area contributed by atoms with Crippen LogP contribution in [0.3, 0.4) is 0 Å². The fraction of sp³-hybridized carbons (Fsp3) is 0.444. The molecule has 2 aromatic heterocycles. The van der Waals surface area contributed by atoms with E-state index in [0.717, 1.165) is 31.7 Å². The van der Waals surface area contributed by atoms with E-state index in [2.05, 4.69) is 37.0 Å². The minimum absolute atomic E-state index is 0.359. The molecular weight excluding hydrogens is 348 g/mol. The van der Waals surface area contributed by atoms with Gasteiger partial charge in [-0.1, -0.05) is 40.1 Å². The lowest BCUT2D eigenvalue weighted by molar-refractivity contribution is 0.174. The van der Waals surface area contributed by atoms with Gasteiger partial charge in [0.1, 0.15) is 6.61 Å². The van der Waals surface area contributed by atoms with Gasteiger partial charge in [0, 0.05) is 38.9 Å². The number of anilines is 1. The van der Waals surface area contributed by atoms with Crippen LogP contribution in [-0.2, 0) is 17.9 Å². The lowest BCUT2D eigenvalue weighted by Gasteiger charge is -2.32. The monoisotopic (exact) mass is 370 g/mol. The summed E-state index contributed by atoms with van der Waals surface area (Å²) >= 11 is 0. The van der Waals surface area contributed by atoms with E-state index in [1.807, 2.05) is 24.3 Å². The van der Waals surface area contributed by atoms with Gasteiger partial charge >= 0.3 is 6.01 Å². The third-order valence-corrected chi connectivity index (χ3v) is 4.51. The molecule has 4 rings (SSSR count). The van der Waals surface area contributed by atoms with Crippen LogP contribution in [0.2, 0.25) is 0 Å². The number of aryl methyl sites for hydroxylation is 1. The first-order valence-corrected chi connectivity index (χ1v) is 8.90. The molecule has 0 saturated carbocycles. The lowest BCUT2D eigenvalue weighted by atomic mass is 10.1. The summed E-state index contributed by atoms with van der Waals surface area (Å²) < 4.78 is 15.7. The molecule has 0 atom stereocenters. The van der Waals surface area contributed by atoms with E-state index in [1.165, 1.54) is 5.56 Å². The zero-order valence-corrected chi connectivity index (χ0v) is 15.5. The predicted molar refractivity (Wildman–Crippen MR) is 97.0 cm³/mol. The maximum atomic E-state index is 5.46. The van der Waals surface area contributed by atoms with Crippen LogP contribution < -0.4 is 4.90 Å². The Morgan fingerprint density at radius 2 is 1.78 bits per heavy atom. The fourth-order valence-corrected chi connectivity index (χ4v) is 2.99. The van der Waals surface area contributed by atoms with E-state index >= 15 is 0 Å². The summed E-state index contributed by atoms with van der Waals surface area (Å²) in [5, 5.41) is 8.00. The van der Waals surface area contributed by atoms with Crippen molar-refractivity contribution in [2.45, 2.75) is 20.1 Å². The van der Waals surface area contributed by atoms with Crippen LogP contribution in [0.15, 0.2) is 33.3 Å². The fourth-order valence-electron chi connectivity index (χ4n) is 2.99. The summed E-state index contributed by atoms with van der Waals surface area (Å²) in [7, 11) is 1.61. The molecule has 0 bridgehead atoms. The van der Waals surface area contributed by atoms with Gasteiger partial charge in [0.25, 0.3) is 0 Å². The van der Waals surface area contributed by atoms with E-state index in [1.54, 1.807) is 7.11 Å². The highest BCUT2D eigenvalue weighted by Gasteiger charge is 2.23. The standard InChI is InChI=1S/C18H22N6O3/c1-13-3-5-14(6-4-13)17-20-18(27-22-17)24-9-7-23(8-10-24)11-16-19-15(12-25-2)21-26-16/h3-6H,7-12H2,1-2H3. The van der Waals surface area contributed by atoms with Crippen LogP contribution in [0.1, 0.15) is 17.3 Å². The molecule has 0 radical (unpaired) electrons. The molecular formula is C18H22N6O3. The van der Waals surface area contributed by atoms with Gasteiger partial charge in [0.15, 0.2) is 5.82 Å². The lowest BCUT2D eigenvalue weighted by Crippen LogP contribution is -2.46. The first-order valence-electron chi connectivity index (χ1n) is 8.90. The second-order valence-corrected chi connectivity index (χ2v) is 6.57. The summed E-state index contributed by atoms with van der Waals surface area (Å²) in [5.74, 6) is 1.79. The molecule has 0 amide bonds. The molecule has 1 aliphatic rings. The molecule has 9 heteroatoms. The second kappa shape index (κ2) is 7.85. The number of benzene rings is 1. The van der Waals surface area contributed by atoms with E-state index in [-0.39, 0.29) is 0 Å². The number of aromatic nitrogens is 4. The Balaban J connectivity index is 1.33. The molecule has 27 heavy (non-hydrogen) atoms. The van der Waals surface area contributed by atoms with Crippen molar-refractivity contribution < 1.29 is 13.8 Å². The topological polar surface area (TPSA) is 93.6 Å². The van der Waals surface area contributed by atoms with Crippen molar-refractivity contribution in [2.24, 2.45) is 0 Å². The van der Waals surface area contributed by atoms with Crippen LogP contribution >= 0.6 is 0 Å². The number of ether oxygens (including phenoxy) is 1. The SMILES string of the molecule is COCc1noc(CN2CCN(c3nc(-c4ccc(C)cc4)no3)CC2)n1. The third-order valence-electron chi connectivity index (χ3n) is 4.51. The number of hydrogen-bond donors (Lipinski definition) is 0. The van der Waals surface area contributed by atoms with Gasteiger partial charge < -0.3 is 18.7 Å². The Kier molecular flexibility index (Phi) is 5.12. The summed E-state index contributed by atoms with van der Waals surface area (Å²) in [6.07, 6.45) is 0. The maximum Gasteiger partial charge on any atom is 0.324 e. The van der Waals surface area contributed by atoms with Crippen molar-refractivity contribution in [3.05, 3.63) is 41.5 Å². The summed E-state index contributed by atoms with van der Waals surface area (Å²) in [4.78, 5) is 13.2. The van der Waals surface area contributed by atoms with Gasteiger partial charge in [-0.3, -0.25) is 4.90 Å². The number of nitrogens with zero attached hydrogens (tertiary/aromatic N) is 6. The van der Waals surface area contributed by atoms with E-state index < -0.39 is 0 Å². The molecule has 0 aliphatic carbocycles. The normalized spacial score (nSPS) is 15.4. The Morgan fingerprint density at radius 3 is 2.52 bits per heavy atom. The molecule has 1 aromatic carbocycles. The number of hydrogen-bond acceptors (Lipinski definition) is 9. The van der Waals surface area contributed by atoms with Gasteiger partial charge in [-0.15, -0.1) is 0 Å². The Morgan fingerprint density at radius 1 is 1.00 bits per heavy atom. The molecule has 3 heterocycles. The summed E-state index contributed by atoms with van der Waals surface area (Å²) in [6, 6.07) is 8.65. The smallest absolute Gasteiger partial charge is 0.324 e. The highest BCUT2D eigenvalue weighted by Crippen LogP contribution is 2.21. The average Bonchev–Trinajstić information content (AvgIpc) is 3.33. The highest BCUT2D eigenvalue weighted by atomic mass is 16.5. The van der Waals surface area contributed by atoms with Crippen LogP contribution in [-0.4, -0.2) is 58.5 Å². The largest absolute Gasteiger partial charge is 0.377 e. The zero-order chi connectivity index (χ0) is 18.6. The molecule has 1 saturated heterocycles. The van der Waals surface area contributed by atoms with E-state index in [9.17, 15) is 0 Å². The van der Waals surface area contributed by atoms with Gasteiger partial charge in [-0.25, -0.2) is 0 Å². The number of methoxy groups -OCH3 is 1. The Labute approximate surface area is 156 Å². The zero-order valence-electron chi connectivity index (χ0n) is 15.5. The maximum absolute atomic E-state index is 5.46. The highest BCUT2D eigenvalue weighted by molar-refractivity contribution is 5.56. The van der Waals surface area contributed by atoms with Crippen molar-refractivity contribution in [3.63, 3.8) is 0 Å². The van der Waals surface area contributed by atoms with Crippen molar-refractivity contribution in [3.8, 4) is 11.4 Å². The summed E-state index contributed by atoms with van der Waals surface area (Å²) in [6.45, 7) is 6.34. The van der Waals surface area contributed by atoms with Crippen LogP contribution in [0.5, 0.6) is 0 Å². The minimum Gasteiger partial charge on any atom is -0.377 e. The Bertz CT molecular complexity index is 867. The van der Waals surface area contributed by atoms with Crippen LogP contribution in [0.4, 0.5) is 6.01 Å². The molecule has 142 valence electrons. The molecule has 9 nitrogen and oxygen atoms in total. The van der Waals surface area contributed by atoms with Crippen LogP contribution in [0, 0.1) is 6.92 Å². The quantitative estimate of drug-likeness (QED) is 0.645. The molecule has 1 fully saturated rings. The van der Waals surface area contributed by atoms with Crippen molar-refractivity contribution in [1.82, 2.24) is 25.2 Å². The van der Waals surface area contributed by atoms with Gasteiger partial charge in [0.2, 0.25) is 11.7 Å².